The van der Waals surface area contributed by atoms with Crippen molar-refractivity contribution in [3.8, 4) is 17.1 Å². The van der Waals surface area contributed by atoms with E-state index in [-0.39, 0.29) is 52.2 Å². The van der Waals surface area contributed by atoms with E-state index in [0.29, 0.717) is 31.6 Å². The molecule has 10 nitrogen and oxygen atoms in total. The Morgan fingerprint density at radius 2 is 1.77 bits per heavy atom. The number of piperidine rings is 1. The molecule has 11 heteroatoms. The van der Waals surface area contributed by atoms with Gasteiger partial charge in [-0.2, -0.15) is 4.98 Å². The van der Waals surface area contributed by atoms with Crippen molar-refractivity contribution < 1.29 is 22.7 Å². The summed E-state index contributed by atoms with van der Waals surface area (Å²) >= 11 is 0. The molecule has 1 N–H and O–H groups in total. The fourth-order valence-electron chi connectivity index (χ4n) is 6.24. The van der Waals surface area contributed by atoms with Crippen LogP contribution in [-0.4, -0.2) is 71.8 Å². The number of rotatable bonds is 3. The summed E-state index contributed by atoms with van der Waals surface area (Å²) in [4.78, 5) is 39.4. The number of anilines is 1. The molecule has 2 atom stereocenters. The summed E-state index contributed by atoms with van der Waals surface area (Å²) in [5.41, 5.74) is 3.41. The molecule has 234 valence electrons. The molecule has 0 spiro atoms. The first kappa shape index (κ1) is 31.4. The van der Waals surface area contributed by atoms with E-state index in [1.54, 1.807) is 30.0 Å². The SMILES string of the molecule is CC(=O)N1CCCC(N2C(=O)c3cccc(c3)S(=O)(=O)Nc3nc(cc(-c4c(C)cccc4C)n3)OC[C@H]2CC(C)(C)C)C1. The smallest absolute Gasteiger partial charge is 0.264 e. The van der Waals surface area contributed by atoms with Gasteiger partial charge in [-0.3, -0.25) is 9.59 Å². The molecule has 44 heavy (non-hydrogen) atoms. The Balaban J connectivity index is 1.68. The van der Waals surface area contributed by atoms with Gasteiger partial charge in [-0.1, -0.05) is 45.0 Å². The summed E-state index contributed by atoms with van der Waals surface area (Å²) in [6.07, 6.45) is 2.07. The van der Waals surface area contributed by atoms with Crippen LogP contribution < -0.4 is 9.46 Å². The highest BCUT2D eigenvalue weighted by atomic mass is 32.2. The van der Waals surface area contributed by atoms with Crippen LogP contribution in [-0.2, 0) is 14.8 Å². The minimum Gasteiger partial charge on any atom is -0.475 e. The van der Waals surface area contributed by atoms with Crippen molar-refractivity contribution in [1.29, 1.82) is 0 Å². The largest absolute Gasteiger partial charge is 0.475 e. The van der Waals surface area contributed by atoms with Gasteiger partial charge in [0.2, 0.25) is 17.7 Å². The third-order valence-corrected chi connectivity index (χ3v) is 9.52. The molecule has 2 aliphatic heterocycles. The van der Waals surface area contributed by atoms with Crippen molar-refractivity contribution in [3.05, 3.63) is 65.2 Å². The zero-order valence-electron chi connectivity index (χ0n) is 26.3. The molecule has 2 aliphatic rings. The Morgan fingerprint density at radius 3 is 2.45 bits per heavy atom. The number of carbonyl (C=O) groups is 2. The second kappa shape index (κ2) is 12.2. The van der Waals surface area contributed by atoms with E-state index < -0.39 is 16.1 Å². The minimum atomic E-state index is -4.16. The lowest BCUT2D eigenvalue weighted by Crippen LogP contribution is -2.57. The first-order chi connectivity index (χ1) is 20.7. The van der Waals surface area contributed by atoms with Crippen molar-refractivity contribution >= 4 is 27.8 Å². The van der Waals surface area contributed by atoms with E-state index in [1.807, 2.05) is 36.9 Å². The summed E-state index contributed by atoms with van der Waals surface area (Å²) in [5, 5.41) is 0. The molecule has 2 amide bonds. The molecule has 0 radical (unpaired) electrons. The lowest BCUT2D eigenvalue weighted by molar-refractivity contribution is -0.131. The van der Waals surface area contributed by atoms with Gasteiger partial charge in [0.15, 0.2) is 0 Å². The quantitative estimate of drug-likeness (QED) is 0.427. The molecule has 3 heterocycles. The number of nitrogens with zero attached hydrogens (tertiary/aromatic N) is 4. The lowest BCUT2D eigenvalue weighted by atomic mass is 9.86. The summed E-state index contributed by atoms with van der Waals surface area (Å²) in [7, 11) is -4.16. The van der Waals surface area contributed by atoms with Gasteiger partial charge < -0.3 is 14.5 Å². The standard InChI is InChI=1S/C33H41N5O5S/c1-21-10-7-11-22(2)30(21)28-17-29-35-32(34-28)36-44(41,42)27-14-8-12-24(16-27)31(40)38(26(20-43-29)18-33(4,5)6)25-13-9-15-37(19-25)23(3)39/h7-8,10-12,14,16-17,25-26H,9,13,15,18-20H2,1-6H3,(H,34,35,36)/t25?,26-/m1/s1. The van der Waals surface area contributed by atoms with Crippen LogP contribution >= 0.6 is 0 Å². The molecule has 5 rings (SSSR count). The number of amides is 2. The first-order valence-electron chi connectivity index (χ1n) is 15.0. The van der Waals surface area contributed by atoms with Gasteiger partial charge in [0.1, 0.15) is 6.61 Å². The number of aromatic nitrogens is 2. The number of likely N-dealkylation sites (tertiary alicyclic amines) is 1. The summed E-state index contributed by atoms with van der Waals surface area (Å²) < 4.78 is 36.1. The molecule has 0 aliphatic carbocycles. The van der Waals surface area contributed by atoms with E-state index in [4.69, 9.17) is 4.74 Å². The fraction of sp³-hybridized carbons (Fsp3) is 0.455. The minimum absolute atomic E-state index is 0.0386. The van der Waals surface area contributed by atoms with Gasteiger partial charge in [-0.15, -0.1) is 0 Å². The van der Waals surface area contributed by atoms with E-state index in [9.17, 15) is 18.0 Å². The summed E-state index contributed by atoms with van der Waals surface area (Å²) in [5.74, 6) is -0.266. The molecule has 1 fully saturated rings. The number of nitrogens with one attached hydrogen (secondary N) is 1. The zero-order chi connectivity index (χ0) is 31.8. The Kier molecular flexibility index (Phi) is 8.71. The fourth-order valence-corrected chi connectivity index (χ4v) is 7.23. The van der Waals surface area contributed by atoms with Gasteiger partial charge in [-0.25, -0.2) is 18.1 Å². The summed E-state index contributed by atoms with van der Waals surface area (Å²) in [6.45, 7) is 13.0. The third-order valence-electron chi connectivity index (χ3n) is 8.19. The molecule has 0 saturated carbocycles. The Hall–Kier alpha value is -3.99. The van der Waals surface area contributed by atoms with E-state index >= 15 is 0 Å². The number of ether oxygens (including phenoxy) is 1. The van der Waals surface area contributed by atoms with Crippen molar-refractivity contribution in [1.82, 2.24) is 19.8 Å². The van der Waals surface area contributed by atoms with Crippen LogP contribution in [0.1, 0.15) is 68.4 Å². The van der Waals surface area contributed by atoms with Gasteiger partial charge in [-0.05, 0) is 67.9 Å². The number of fused-ring (bicyclic) bond motifs is 4. The predicted molar refractivity (Wildman–Crippen MR) is 169 cm³/mol. The highest BCUT2D eigenvalue weighted by molar-refractivity contribution is 7.92. The van der Waals surface area contributed by atoms with Crippen LogP contribution in [0.2, 0.25) is 0 Å². The molecule has 4 bridgehead atoms. The number of hydrogen-bond donors (Lipinski definition) is 1. The van der Waals surface area contributed by atoms with Gasteiger partial charge in [0.25, 0.3) is 15.9 Å². The molecule has 1 unspecified atom stereocenters. The second-order valence-corrected chi connectivity index (χ2v) is 14.7. The van der Waals surface area contributed by atoms with E-state index in [2.05, 4.69) is 35.5 Å². The van der Waals surface area contributed by atoms with Crippen LogP contribution in [0.3, 0.4) is 0 Å². The van der Waals surface area contributed by atoms with Crippen molar-refractivity contribution in [2.75, 3.05) is 24.4 Å². The number of hydrogen-bond acceptors (Lipinski definition) is 7. The number of sulfonamides is 1. The van der Waals surface area contributed by atoms with E-state index in [0.717, 1.165) is 23.1 Å². The van der Waals surface area contributed by atoms with Crippen molar-refractivity contribution in [2.24, 2.45) is 5.41 Å². The van der Waals surface area contributed by atoms with Crippen molar-refractivity contribution in [3.63, 3.8) is 0 Å². The topological polar surface area (TPSA) is 122 Å². The average molecular weight is 620 g/mol. The predicted octanol–water partition coefficient (Wildman–Crippen LogP) is 5.21. The Morgan fingerprint density at radius 1 is 1.07 bits per heavy atom. The highest BCUT2D eigenvalue weighted by Gasteiger charge is 2.37. The monoisotopic (exact) mass is 619 g/mol. The molecular weight excluding hydrogens is 578 g/mol. The van der Waals surface area contributed by atoms with Crippen LogP contribution in [0.15, 0.2) is 53.4 Å². The molecule has 2 aromatic carbocycles. The average Bonchev–Trinajstić information content (AvgIpc) is 2.95. The number of benzene rings is 2. The molecule has 1 saturated heterocycles. The highest BCUT2D eigenvalue weighted by Crippen LogP contribution is 2.33. The van der Waals surface area contributed by atoms with Crippen LogP contribution in [0.5, 0.6) is 5.88 Å². The lowest BCUT2D eigenvalue weighted by Gasteiger charge is -2.44. The summed E-state index contributed by atoms with van der Waals surface area (Å²) in [6, 6.07) is 13.0. The van der Waals surface area contributed by atoms with Gasteiger partial charge in [0.05, 0.1) is 22.7 Å². The molecule has 1 aromatic heterocycles. The maximum absolute atomic E-state index is 14.4. The Bertz CT molecular complexity index is 1660. The van der Waals surface area contributed by atoms with Gasteiger partial charge in [0, 0.05) is 37.2 Å². The van der Waals surface area contributed by atoms with E-state index in [1.165, 1.54) is 12.1 Å². The van der Waals surface area contributed by atoms with Crippen LogP contribution in [0.25, 0.3) is 11.3 Å². The Labute approximate surface area is 259 Å². The normalized spacial score (nSPS) is 20.5. The van der Waals surface area contributed by atoms with Crippen LogP contribution in [0.4, 0.5) is 5.95 Å². The molecular formula is C33H41N5O5S. The number of carbonyl (C=O) groups excluding carboxylic acids is 2. The zero-order valence-corrected chi connectivity index (χ0v) is 27.1. The maximum atomic E-state index is 14.4. The van der Waals surface area contributed by atoms with Crippen LogP contribution in [0, 0.1) is 19.3 Å². The molecule has 3 aromatic rings. The van der Waals surface area contributed by atoms with Crippen molar-refractivity contribution in [2.45, 2.75) is 77.8 Å². The second-order valence-electron chi connectivity index (χ2n) is 13.0. The third kappa shape index (κ3) is 6.88. The first-order valence-corrected chi connectivity index (χ1v) is 16.5. The number of aryl methyl sites for hydroxylation is 2. The van der Waals surface area contributed by atoms with Gasteiger partial charge >= 0.3 is 0 Å². The maximum Gasteiger partial charge on any atom is 0.264 e.